The molecule has 0 saturated carbocycles. The van der Waals surface area contributed by atoms with Crippen LogP contribution in [0.15, 0.2) is 0 Å². The number of rotatable bonds is 7. The van der Waals surface area contributed by atoms with E-state index in [1.807, 2.05) is 0 Å². The highest BCUT2D eigenvalue weighted by Crippen LogP contribution is 2.18. The quantitative estimate of drug-likeness (QED) is 0.720. The first-order valence-electron chi connectivity index (χ1n) is 8.06. The molecule has 2 heterocycles. The molecule has 2 fully saturated rings. The molecule has 2 unspecified atom stereocenters. The Morgan fingerprint density at radius 1 is 1.21 bits per heavy atom. The van der Waals surface area contributed by atoms with E-state index < -0.39 is 0 Å². The van der Waals surface area contributed by atoms with Crippen molar-refractivity contribution in [2.24, 2.45) is 0 Å². The summed E-state index contributed by atoms with van der Waals surface area (Å²) in [6, 6.07) is 1.40. The average Bonchev–Trinajstić information content (AvgIpc) is 2.91. The number of piperidine rings is 1. The van der Waals surface area contributed by atoms with E-state index in [9.17, 15) is 5.11 Å². The molecule has 0 amide bonds. The summed E-state index contributed by atoms with van der Waals surface area (Å²) in [4.78, 5) is 4.97. The molecule has 2 atom stereocenters. The molecule has 0 radical (unpaired) electrons. The molecule has 2 aliphatic rings. The molecule has 0 aromatic carbocycles. The molecule has 19 heavy (non-hydrogen) atoms. The molecule has 4 heteroatoms. The maximum atomic E-state index is 9.23. The van der Waals surface area contributed by atoms with Crippen LogP contribution in [0.5, 0.6) is 0 Å². The van der Waals surface area contributed by atoms with Crippen molar-refractivity contribution in [1.29, 1.82) is 0 Å². The number of aliphatic hydroxyl groups excluding tert-OH is 1. The molecule has 2 N–H and O–H groups in total. The van der Waals surface area contributed by atoms with Crippen LogP contribution in [0.25, 0.3) is 0 Å². The molecule has 0 bridgehead atoms. The number of hydrogen-bond acceptors (Lipinski definition) is 4. The molecule has 2 aliphatic heterocycles. The van der Waals surface area contributed by atoms with Gasteiger partial charge in [0, 0.05) is 25.2 Å². The summed E-state index contributed by atoms with van der Waals surface area (Å²) in [5.41, 5.74) is 0. The van der Waals surface area contributed by atoms with Crippen LogP contribution >= 0.6 is 0 Å². The standard InChI is InChI=1S/C15H31N3O/c1-17-9-3-2-6-15(17)7-10-18(11-12-19)13-14-5-4-8-16-14/h14-16,19H,2-13H2,1H3. The molecule has 2 rings (SSSR count). The summed E-state index contributed by atoms with van der Waals surface area (Å²) in [5, 5.41) is 12.8. The molecule has 4 nitrogen and oxygen atoms in total. The molecule has 0 spiro atoms. The van der Waals surface area contributed by atoms with Crippen LogP contribution in [0.1, 0.15) is 38.5 Å². The third-order valence-corrected chi connectivity index (χ3v) is 4.76. The zero-order valence-electron chi connectivity index (χ0n) is 12.5. The van der Waals surface area contributed by atoms with E-state index in [0.29, 0.717) is 6.04 Å². The van der Waals surface area contributed by atoms with Gasteiger partial charge in [0.15, 0.2) is 0 Å². The van der Waals surface area contributed by atoms with Gasteiger partial charge < -0.3 is 15.3 Å². The van der Waals surface area contributed by atoms with Gasteiger partial charge in [-0.3, -0.25) is 4.90 Å². The second kappa shape index (κ2) is 8.20. The average molecular weight is 269 g/mol. The maximum Gasteiger partial charge on any atom is 0.0558 e. The van der Waals surface area contributed by atoms with Crippen molar-refractivity contribution in [1.82, 2.24) is 15.1 Å². The summed E-state index contributed by atoms with van der Waals surface area (Å²) < 4.78 is 0. The van der Waals surface area contributed by atoms with Crippen molar-refractivity contribution in [3.8, 4) is 0 Å². The smallest absolute Gasteiger partial charge is 0.0558 e. The summed E-state index contributed by atoms with van der Waals surface area (Å²) >= 11 is 0. The Bertz CT molecular complexity index is 244. The molecule has 0 aromatic rings. The summed E-state index contributed by atoms with van der Waals surface area (Å²) in [6.45, 7) is 5.78. The van der Waals surface area contributed by atoms with Gasteiger partial charge in [0.1, 0.15) is 0 Å². The van der Waals surface area contributed by atoms with Crippen molar-refractivity contribution in [2.45, 2.75) is 50.6 Å². The zero-order chi connectivity index (χ0) is 13.5. The van der Waals surface area contributed by atoms with E-state index in [0.717, 1.165) is 25.7 Å². The molecule has 0 aromatic heterocycles. The monoisotopic (exact) mass is 269 g/mol. The minimum absolute atomic E-state index is 0.285. The molecular formula is C15H31N3O. The summed E-state index contributed by atoms with van der Waals surface area (Å²) in [7, 11) is 2.26. The van der Waals surface area contributed by atoms with Gasteiger partial charge >= 0.3 is 0 Å². The molecule has 112 valence electrons. The summed E-state index contributed by atoms with van der Waals surface area (Å²) in [5.74, 6) is 0. The fourth-order valence-corrected chi connectivity index (χ4v) is 3.50. The van der Waals surface area contributed by atoms with Gasteiger partial charge in [-0.25, -0.2) is 0 Å². The minimum Gasteiger partial charge on any atom is -0.395 e. The second-order valence-electron chi connectivity index (χ2n) is 6.24. The van der Waals surface area contributed by atoms with E-state index in [4.69, 9.17) is 0 Å². The van der Waals surface area contributed by atoms with Gasteiger partial charge in [-0.15, -0.1) is 0 Å². The van der Waals surface area contributed by atoms with Crippen molar-refractivity contribution in [2.75, 3.05) is 46.4 Å². The largest absolute Gasteiger partial charge is 0.395 e. The fraction of sp³-hybridized carbons (Fsp3) is 1.00. The third kappa shape index (κ3) is 5.03. The second-order valence-corrected chi connectivity index (χ2v) is 6.24. The highest BCUT2D eigenvalue weighted by Gasteiger charge is 2.21. The lowest BCUT2D eigenvalue weighted by atomic mass is 10.00. The first kappa shape index (κ1) is 15.2. The topological polar surface area (TPSA) is 38.7 Å². The lowest BCUT2D eigenvalue weighted by Gasteiger charge is -2.34. The van der Waals surface area contributed by atoms with Gasteiger partial charge in [0.05, 0.1) is 6.61 Å². The number of hydrogen-bond donors (Lipinski definition) is 2. The Morgan fingerprint density at radius 3 is 2.79 bits per heavy atom. The first-order valence-corrected chi connectivity index (χ1v) is 8.06. The molecular weight excluding hydrogens is 238 g/mol. The lowest BCUT2D eigenvalue weighted by Crippen LogP contribution is -2.43. The number of likely N-dealkylation sites (tertiary alicyclic amines) is 1. The zero-order valence-corrected chi connectivity index (χ0v) is 12.5. The van der Waals surface area contributed by atoms with Crippen molar-refractivity contribution in [3.63, 3.8) is 0 Å². The van der Waals surface area contributed by atoms with Crippen LogP contribution in [-0.4, -0.2) is 73.4 Å². The lowest BCUT2D eigenvalue weighted by molar-refractivity contribution is 0.137. The minimum atomic E-state index is 0.285. The maximum absolute atomic E-state index is 9.23. The van der Waals surface area contributed by atoms with E-state index in [-0.39, 0.29) is 6.61 Å². The van der Waals surface area contributed by atoms with Gasteiger partial charge in [0.2, 0.25) is 0 Å². The first-order chi connectivity index (χ1) is 9.29. The van der Waals surface area contributed by atoms with E-state index >= 15 is 0 Å². The Kier molecular flexibility index (Phi) is 6.57. The summed E-state index contributed by atoms with van der Waals surface area (Å²) in [6.07, 6.45) is 7.96. The number of nitrogens with zero attached hydrogens (tertiary/aromatic N) is 2. The van der Waals surface area contributed by atoms with Crippen LogP contribution in [0.4, 0.5) is 0 Å². The van der Waals surface area contributed by atoms with E-state index in [1.165, 1.54) is 51.6 Å². The van der Waals surface area contributed by atoms with Gasteiger partial charge in [-0.05, 0) is 58.8 Å². The van der Waals surface area contributed by atoms with Crippen LogP contribution in [-0.2, 0) is 0 Å². The predicted octanol–water partition coefficient (Wildman–Crippen LogP) is 0.907. The van der Waals surface area contributed by atoms with Crippen molar-refractivity contribution < 1.29 is 5.11 Å². The number of nitrogens with one attached hydrogen (secondary N) is 1. The molecule has 0 aliphatic carbocycles. The highest BCUT2D eigenvalue weighted by atomic mass is 16.3. The van der Waals surface area contributed by atoms with Crippen molar-refractivity contribution >= 4 is 0 Å². The Labute approximate surface area is 118 Å². The van der Waals surface area contributed by atoms with E-state index in [1.54, 1.807) is 0 Å². The SMILES string of the molecule is CN1CCCCC1CCN(CCO)CC1CCCN1. The van der Waals surface area contributed by atoms with Crippen LogP contribution < -0.4 is 5.32 Å². The highest BCUT2D eigenvalue weighted by molar-refractivity contribution is 4.80. The Hall–Kier alpha value is -0.160. The van der Waals surface area contributed by atoms with Crippen molar-refractivity contribution in [3.05, 3.63) is 0 Å². The Morgan fingerprint density at radius 2 is 2.11 bits per heavy atom. The van der Waals surface area contributed by atoms with Crippen LogP contribution in [0.3, 0.4) is 0 Å². The molecule has 2 saturated heterocycles. The van der Waals surface area contributed by atoms with Gasteiger partial charge in [0.25, 0.3) is 0 Å². The number of aliphatic hydroxyl groups is 1. The fourth-order valence-electron chi connectivity index (χ4n) is 3.50. The predicted molar refractivity (Wildman–Crippen MR) is 79.4 cm³/mol. The van der Waals surface area contributed by atoms with Crippen LogP contribution in [0.2, 0.25) is 0 Å². The van der Waals surface area contributed by atoms with Gasteiger partial charge in [-0.1, -0.05) is 6.42 Å². The normalized spacial score (nSPS) is 29.2. The van der Waals surface area contributed by atoms with Gasteiger partial charge in [-0.2, -0.15) is 0 Å². The third-order valence-electron chi connectivity index (χ3n) is 4.76. The Balaban J connectivity index is 1.72. The van der Waals surface area contributed by atoms with Crippen LogP contribution in [0, 0.1) is 0 Å². The van der Waals surface area contributed by atoms with E-state index in [2.05, 4.69) is 22.2 Å².